The van der Waals surface area contributed by atoms with Crippen LogP contribution in [0.2, 0.25) is 5.02 Å². The summed E-state index contributed by atoms with van der Waals surface area (Å²) < 4.78 is 0. The fourth-order valence-electron chi connectivity index (χ4n) is 3.52. The lowest BCUT2D eigenvalue weighted by Crippen LogP contribution is -2.46. The molecule has 0 unspecified atom stereocenters. The van der Waals surface area contributed by atoms with E-state index in [1.165, 1.54) is 0 Å². The van der Waals surface area contributed by atoms with Gasteiger partial charge in [0.1, 0.15) is 12.1 Å². The molecule has 2 saturated heterocycles. The molecule has 25 heavy (non-hydrogen) atoms. The van der Waals surface area contributed by atoms with Gasteiger partial charge in [0.15, 0.2) is 0 Å². The Kier molecular flexibility index (Phi) is 4.99. The summed E-state index contributed by atoms with van der Waals surface area (Å²) in [5.41, 5.74) is -0.463. The number of carbonyl (C=O) groups is 3. The smallest absolute Gasteiger partial charge is 0.325 e. The molecule has 134 valence electrons. The minimum atomic E-state index is -1.14. The van der Waals surface area contributed by atoms with Crippen molar-refractivity contribution in [2.24, 2.45) is 0 Å². The Morgan fingerprint density at radius 2 is 1.80 bits per heavy atom. The predicted octanol–water partition coefficient (Wildman–Crippen LogP) is 2.51. The van der Waals surface area contributed by atoms with Gasteiger partial charge in [-0.15, -0.1) is 0 Å². The summed E-state index contributed by atoms with van der Waals surface area (Å²) in [6.07, 6.45) is 3.45. The van der Waals surface area contributed by atoms with Crippen LogP contribution >= 0.6 is 11.6 Å². The Balaban J connectivity index is 1.80. The van der Waals surface area contributed by atoms with Crippen molar-refractivity contribution in [1.82, 2.24) is 15.1 Å². The first-order valence-corrected chi connectivity index (χ1v) is 9.03. The fraction of sp³-hybridized carbons (Fsp3) is 0.500. The standard InChI is InChI=1S/C18H22ClN3O3/c1-2-18(13-6-8-14(19)9-7-13)16(24)22(17(25)20-18)12-15(23)21-10-4-3-5-11-21/h6-9H,2-5,10-12H2,1H3,(H,20,25)/t18-/m0/s1. The molecular formula is C18H22ClN3O3. The Labute approximate surface area is 152 Å². The van der Waals surface area contributed by atoms with Crippen molar-refractivity contribution in [2.75, 3.05) is 19.6 Å². The summed E-state index contributed by atoms with van der Waals surface area (Å²) in [5, 5.41) is 3.34. The van der Waals surface area contributed by atoms with Gasteiger partial charge in [0.2, 0.25) is 5.91 Å². The number of nitrogens with one attached hydrogen (secondary N) is 1. The van der Waals surface area contributed by atoms with E-state index in [0.717, 1.165) is 24.2 Å². The number of imide groups is 1. The molecule has 0 bridgehead atoms. The Morgan fingerprint density at radius 3 is 2.40 bits per heavy atom. The van der Waals surface area contributed by atoms with E-state index in [1.54, 1.807) is 29.2 Å². The lowest BCUT2D eigenvalue weighted by atomic mass is 9.87. The highest BCUT2D eigenvalue weighted by atomic mass is 35.5. The van der Waals surface area contributed by atoms with Gasteiger partial charge in [-0.2, -0.15) is 0 Å². The van der Waals surface area contributed by atoms with Crippen molar-refractivity contribution in [3.05, 3.63) is 34.9 Å². The molecule has 0 radical (unpaired) electrons. The minimum Gasteiger partial charge on any atom is -0.341 e. The third kappa shape index (κ3) is 3.23. The van der Waals surface area contributed by atoms with Gasteiger partial charge in [-0.25, -0.2) is 4.79 Å². The summed E-state index contributed by atoms with van der Waals surface area (Å²) in [4.78, 5) is 40.7. The van der Waals surface area contributed by atoms with Gasteiger partial charge in [-0.1, -0.05) is 30.7 Å². The molecule has 1 aromatic rings. The van der Waals surface area contributed by atoms with Crippen LogP contribution in [0.4, 0.5) is 4.79 Å². The van der Waals surface area contributed by atoms with Gasteiger partial charge in [-0.05, 0) is 43.4 Å². The number of halogens is 1. The number of nitrogens with zero attached hydrogens (tertiary/aromatic N) is 2. The van der Waals surface area contributed by atoms with E-state index >= 15 is 0 Å². The summed E-state index contributed by atoms with van der Waals surface area (Å²) in [6, 6.07) is 6.33. The highest BCUT2D eigenvalue weighted by molar-refractivity contribution is 6.30. The quantitative estimate of drug-likeness (QED) is 0.835. The zero-order valence-corrected chi connectivity index (χ0v) is 15.0. The van der Waals surface area contributed by atoms with E-state index in [9.17, 15) is 14.4 Å². The average molecular weight is 364 g/mol. The van der Waals surface area contributed by atoms with E-state index in [4.69, 9.17) is 11.6 Å². The van der Waals surface area contributed by atoms with Gasteiger partial charge in [0, 0.05) is 18.1 Å². The number of hydrogen-bond acceptors (Lipinski definition) is 3. The monoisotopic (exact) mass is 363 g/mol. The highest BCUT2D eigenvalue weighted by Crippen LogP contribution is 2.33. The normalized spacial score (nSPS) is 23.8. The van der Waals surface area contributed by atoms with Crippen LogP contribution in [0.15, 0.2) is 24.3 Å². The molecule has 2 aliphatic heterocycles. The molecule has 4 amide bonds. The van der Waals surface area contributed by atoms with Gasteiger partial charge >= 0.3 is 6.03 Å². The molecule has 2 aliphatic rings. The number of carbonyl (C=O) groups excluding carboxylic acids is 3. The van der Waals surface area contributed by atoms with Gasteiger partial charge < -0.3 is 10.2 Å². The van der Waals surface area contributed by atoms with Gasteiger partial charge in [0.25, 0.3) is 5.91 Å². The summed E-state index contributed by atoms with van der Waals surface area (Å²) in [6.45, 7) is 3.01. The van der Waals surface area contributed by atoms with Crippen molar-refractivity contribution in [3.63, 3.8) is 0 Å². The topological polar surface area (TPSA) is 69.7 Å². The van der Waals surface area contributed by atoms with Crippen molar-refractivity contribution < 1.29 is 14.4 Å². The molecule has 2 fully saturated rings. The maximum atomic E-state index is 13.0. The Bertz CT molecular complexity index is 685. The van der Waals surface area contributed by atoms with Crippen molar-refractivity contribution in [1.29, 1.82) is 0 Å². The number of hydrogen-bond donors (Lipinski definition) is 1. The first-order chi connectivity index (χ1) is 12.0. The molecule has 6 nitrogen and oxygen atoms in total. The van der Waals surface area contributed by atoms with Crippen molar-refractivity contribution in [2.45, 2.75) is 38.1 Å². The largest absolute Gasteiger partial charge is 0.341 e. The molecular weight excluding hydrogens is 342 g/mol. The van der Waals surface area contributed by atoms with E-state index in [1.807, 2.05) is 6.92 Å². The van der Waals surface area contributed by atoms with Crippen molar-refractivity contribution in [3.8, 4) is 0 Å². The third-order valence-corrected chi connectivity index (χ3v) is 5.30. The van der Waals surface area contributed by atoms with Crippen LogP contribution in [0.3, 0.4) is 0 Å². The maximum absolute atomic E-state index is 13.0. The van der Waals surface area contributed by atoms with E-state index in [0.29, 0.717) is 30.1 Å². The second-order valence-corrected chi connectivity index (χ2v) is 6.97. The van der Waals surface area contributed by atoms with Crippen LogP contribution in [-0.2, 0) is 15.1 Å². The molecule has 7 heteroatoms. The van der Waals surface area contributed by atoms with Crippen LogP contribution in [0.5, 0.6) is 0 Å². The predicted molar refractivity (Wildman–Crippen MR) is 94.1 cm³/mol. The molecule has 1 aromatic carbocycles. The van der Waals surface area contributed by atoms with Crippen LogP contribution in [0, 0.1) is 0 Å². The first-order valence-electron chi connectivity index (χ1n) is 8.66. The van der Waals surface area contributed by atoms with Crippen LogP contribution in [0.25, 0.3) is 0 Å². The number of likely N-dealkylation sites (tertiary alicyclic amines) is 1. The summed E-state index contributed by atoms with van der Waals surface area (Å²) >= 11 is 5.92. The second kappa shape index (κ2) is 7.04. The molecule has 2 heterocycles. The summed E-state index contributed by atoms with van der Waals surface area (Å²) in [5.74, 6) is -0.557. The number of urea groups is 1. The third-order valence-electron chi connectivity index (χ3n) is 5.05. The van der Waals surface area contributed by atoms with Crippen LogP contribution < -0.4 is 5.32 Å². The molecule has 3 rings (SSSR count). The zero-order valence-electron chi connectivity index (χ0n) is 14.3. The molecule has 0 aromatic heterocycles. The molecule has 0 saturated carbocycles. The fourth-order valence-corrected chi connectivity index (χ4v) is 3.65. The minimum absolute atomic E-state index is 0.175. The van der Waals surface area contributed by atoms with Gasteiger partial charge in [0.05, 0.1) is 0 Å². The van der Waals surface area contributed by atoms with E-state index in [2.05, 4.69) is 5.32 Å². The van der Waals surface area contributed by atoms with Crippen molar-refractivity contribution >= 4 is 29.4 Å². The Hall–Kier alpha value is -2.08. The zero-order chi connectivity index (χ0) is 18.0. The SMILES string of the molecule is CC[C@@]1(c2ccc(Cl)cc2)NC(=O)N(CC(=O)N2CCCCC2)C1=O. The lowest BCUT2D eigenvalue weighted by Gasteiger charge is -2.29. The molecule has 0 aliphatic carbocycles. The number of amides is 4. The maximum Gasteiger partial charge on any atom is 0.325 e. The number of rotatable bonds is 4. The Morgan fingerprint density at radius 1 is 1.16 bits per heavy atom. The summed E-state index contributed by atoms with van der Waals surface area (Å²) in [7, 11) is 0. The van der Waals surface area contributed by atoms with E-state index < -0.39 is 11.6 Å². The van der Waals surface area contributed by atoms with Crippen LogP contribution in [0.1, 0.15) is 38.2 Å². The van der Waals surface area contributed by atoms with E-state index in [-0.39, 0.29) is 18.4 Å². The first kappa shape index (κ1) is 17.7. The number of benzene rings is 1. The highest BCUT2D eigenvalue weighted by Gasteiger charge is 2.51. The number of piperidine rings is 1. The molecule has 0 spiro atoms. The second-order valence-electron chi connectivity index (χ2n) is 6.53. The average Bonchev–Trinajstić information content (AvgIpc) is 2.88. The molecule has 1 N–H and O–H groups in total. The lowest BCUT2D eigenvalue weighted by molar-refractivity contribution is -0.139. The molecule has 1 atom stereocenters. The van der Waals surface area contributed by atoms with Gasteiger partial charge in [-0.3, -0.25) is 14.5 Å². The van der Waals surface area contributed by atoms with Crippen LogP contribution in [-0.4, -0.2) is 47.3 Å².